The van der Waals surface area contributed by atoms with Crippen molar-refractivity contribution in [2.45, 2.75) is 13.5 Å². The Morgan fingerprint density at radius 3 is 3.00 bits per heavy atom. The monoisotopic (exact) mass is 239 g/mol. The predicted octanol–water partition coefficient (Wildman–Crippen LogP) is 0.818. The summed E-state index contributed by atoms with van der Waals surface area (Å²) in [6, 6.07) is 0. The van der Waals surface area contributed by atoms with Gasteiger partial charge in [0.25, 0.3) is 0 Å². The summed E-state index contributed by atoms with van der Waals surface area (Å²) in [5.74, 6) is 1.30. The highest BCUT2D eigenvalue weighted by atomic mass is 127. The van der Waals surface area contributed by atoms with Crippen LogP contribution in [-0.2, 0) is 6.54 Å². The first-order valence-electron chi connectivity index (χ1n) is 2.45. The van der Waals surface area contributed by atoms with E-state index in [4.69, 9.17) is 4.52 Å². The molecular weight excluding hydrogens is 233 g/mol. The summed E-state index contributed by atoms with van der Waals surface area (Å²) in [6.07, 6.45) is 0. The zero-order chi connectivity index (χ0) is 6.69. The summed E-state index contributed by atoms with van der Waals surface area (Å²) in [7, 11) is 0. The molecule has 0 bridgehead atoms. The largest absolute Gasteiger partial charge is 0.338 e. The van der Waals surface area contributed by atoms with E-state index in [0.717, 1.165) is 0 Å². The zero-order valence-electron chi connectivity index (χ0n) is 4.89. The minimum absolute atomic E-state index is 0.626. The molecule has 0 aliphatic rings. The molecule has 1 rings (SSSR count). The Bertz CT molecular complexity index is 188. The second-order valence-electron chi connectivity index (χ2n) is 1.55. The van der Waals surface area contributed by atoms with Gasteiger partial charge in [-0.3, -0.25) is 3.53 Å². The molecule has 1 aromatic heterocycles. The van der Waals surface area contributed by atoms with E-state index >= 15 is 0 Å². The fourth-order valence-electron chi connectivity index (χ4n) is 0.469. The van der Waals surface area contributed by atoms with E-state index < -0.39 is 0 Å². The number of rotatable bonds is 2. The minimum Gasteiger partial charge on any atom is -0.338 e. The van der Waals surface area contributed by atoms with Crippen LogP contribution in [0.1, 0.15) is 11.7 Å². The minimum atomic E-state index is 0.626. The Morgan fingerprint density at radius 1 is 1.78 bits per heavy atom. The lowest BCUT2D eigenvalue weighted by molar-refractivity contribution is 0.374. The van der Waals surface area contributed by atoms with Crippen molar-refractivity contribution in [3.05, 3.63) is 11.7 Å². The normalized spacial score (nSPS) is 10.0. The van der Waals surface area contributed by atoms with Crippen LogP contribution in [-0.4, -0.2) is 10.1 Å². The number of hydrogen-bond acceptors (Lipinski definition) is 4. The van der Waals surface area contributed by atoms with Crippen molar-refractivity contribution in [3.8, 4) is 0 Å². The third-order valence-corrected chi connectivity index (χ3v) is 1.17. The quantitative estimate of drug-likeness (QED) is 0.613. The first kappa shape index (κ1) is 6.94. The van der Waals surface area contributed by atoms with Crippen LogP contribution >= 0.6 is 22.9 Å². The van der Waals surface area contributed by atoms with Gasteiger partial charge in [-0.1, -0.05) is 5.16 Å². The molecule has 4 nitrogen and oxygen atoms in total. The maximum absolute atomic E-state index is 4.78. The van der Waals surface area contributed by atoms with Crippen LogP contribution < -0.4 is 3.53 Å². The Labute approximate surface area is 66.5 Å². The number of nitrogens with one attached hydrogen (secondary N) is 1. The van der Waals surface area contributed by atoms with Gasteiger partial charge in [0.1, 0.15) is 0 Å². The third kappa shape index (κ3) is 1.90. The van der Waals surface area contributed by atoms with E-state index in [1.54, 1.807) is 6.92 Å². The Balaban J connectivity index is 2.61. The lowest BCUT2D eigenvalue weighted by Gasteiger charge is -1.83. The fourth-order valence-corrected chi connectivity index (χ4v) is 0.795. The summed E-state index contributed by atoms with van der Waals surface area (Å²) in [6.45, 7) is 2.42. The van der Waals surface area contributed by atoms with E-state index in [-0.39, 0.29) is 0 Å². The van der Waals surface area contributed by atoms with Crippen LogP contribution in [0, 0.1) is 6.92 Å². The zero-order valence-corrected chi connectivity index (χ0v) is 7.05. The van der Waals surface area contributed by atoms with Crippen molar-refractivity contribution in [2.75, 3.05) is 0 Å². The van der Waals surface area contributed by atoms with Gasteiger partial charge < -0.3 is 4.52 Å². The van der Waals surface area contributed by atoms with Gasteiger partial charge in [0.2, 0.25) is 5.89 Å². The molecule has 0 aromatic carbocycles. The number of nitrogens with zero attached hydrogens (tertiary/aromatic N) is 2. The number of halogens is 1. The van der Waals surface area contributed by atoms with Crippen molar-refractivity contribution in [3.63, 3.8) is 0 Å². The van der Waals surface area contributed by atoms with Gasteiger partial charge in [-0.15, -0.1) is 0 Å². The van der Waals surface area contributed by atoms with Crippen molar-refractivity contribution >= 4 is 22.9 Å². The molecule has 0 aliphatic heterocycles. The van der Waals surface area contributed by atoms with Crippen LogP contribution in [0.15, 0.2) is 4.52 Å². The maximum atomic E-state index is 4.78. The number of aromatic nitrogens is 2. The van der Waals surface area contributed by atoms with E-state index in [2.05, 4.69) is 13.7 Å². The molecule has 0 saturated heterocycles. The third-order valence-electron chi connectivity index (χ3n) is 0.788. The first-order chi connectivity index (χ1) is 4.33. The summed E-state index contributed by atoms with van der Waals surface area (Å²) >= 11 is 2.02. The standard InChI is InChI=1S/C4H6IN3O/c1-3-7-4(2-6-5)9-8-3/h6H,2H2,1H3. The van der Waals surface area contributed by atoms with Crippen molar-refractivity contribution in [1.82, 2.24) is 13.7 Å². The van der Waals surface area contributed by atoms with Crippen molar-refractivity contribution in [2.24, 2.45) is 0 Å². The van der Waals surface area contributed by atoms with E-state index in [1.807, 2.05) is 22.9 Å². The molecule has 9 heavy (non-hydrogen) atoms. The second-order valence-corrected chi connectivity index (χ2v) is 2.31. The van der Waals surface area contributed by atoms with Crippen LogP contribution in [0.4, 0.5) is 0 Å². The Kier molecular flexibility index (Phi) is 2.40. The molecule has 0 amide bonds. The summed E-state index contributed by atoms with van der Waals surface area (Å²) in [4.78, 5) is 3.96. The van der Waals surface area contributed by atoms with Crippen LogP contribution in [0.3, 0.4) is 0 Å². The average molecular weight is 239 g/mol. The molecule has 1 heterocycles. The SMILES string of the molecule is Cc1noc(CNI)n1. The molecule has 0 atom stereocenters. The Hall–Kier alpha value is -0.170. The topological polar surface area (TPSA) is 51.0 Å². The number of hydrogen-bond donors (Lipinski definition) is 1. The number of aryl methyl sites for hydroxylation is 1. The lowest BCUT2D eigenvalue weighted by Crippen LogP contribution is -1.96. The van der Waals surface area contributed by atoms with Gasteiger partial charge in [-0.05, 0) is 6.92 Å². The smallest absolute Gasteiger partial charge is 0.241 e. The highest BCUT2D eigenvalue weighted by Crippen LogP contribution is 1.94. The molecule has 0 spiro atoms. The van der Waals surface area contributed by atoms with Gasteiger partial charge in [0.05, 0.1) is 6.54 Å². The second kappa shape index (κ2) is 3.11. The predicted molar refractivity (Wildman–Crippen MR) is 39.9 cm³/mol. The molecule has 50 valence electrons. The highest BCUT2D eigenvalue weighted by molar-refractivity contribution is 14.1. The van der Waals surface area contributed by atoms with Gasteiger partial charge in [-0.2, -0.15) is 4.98 Å². The molecular formula is C4H6IN3O. The van der Waals surface area contributed by atoms with Crippen molar-refractivity contribution < 1.29 is 4.52 Å². The van der Waals surface area contributed by atoms with Gasteiger partial charge in [0, 0.05) is 22.9 Å². The fraction of sp³-hybridized carbons (Fsp3) is 0.500. The van der Waals surface area contributed by atoms with Gasteiger partial charge in [-0.25, -0.2) is 0 Å². The van der Waals surface area contributed by atoms with Crippen LogP contribution in [0.2, 0.25) is 0 Å². The molecule has 0 saturated carbocycles. The molecule has 0 radical (unpaired) electrons. The van der Waals surface area contributed by atoms with E-state index in [1.165, 1.54) is 0 Å². The molecule has 0 fully saturated rings. The molecule has 1 N–H and O–H groups in total. The van der Waals surface area contributed by atoms with E-state index in [0.29, 0.717) is 18.3 Å². The average Bonchev–Trinajstić information content (AvgIpc) is 2.17. The summed E-state index contributed by atoms with van der Waals surface area (Å²) in [5, 5.41) is 3.61. The Morgan fingerprint density at radius 2 is 2.56 bits per heavy atom. The summed E-state index contributed by atoms with van der Waals surface area (Å²) in [5.41, 5.74) is 0. The first-order valence-corrected chi connectivity index (χ1v) is 3.53. The lowest BCUT2D eigenvalue weighted by atomic mass is 10.6. The van der Waals surface area contributed by atoms with Crippen LogP contribution in [0.5, 0.6) is 0 Å². The van der Waals surface area contributed by atoms with E-state index in [9.17, 15) is 0 Å². The summed E-state index contributed by atoms with van der Waals surface area (Å²) < 4.78 is 7.65. The molecule has 0 aliphatic carbocycles. The molecule has 5 heteroatoms. The van der Waals surface area contributed by atoms with Gasteiger partial charge >= 0.3 is 0 Å². The highest BCUT2D eigenvalue weighted by Gasteiger charge is 1.98. The van der Waals surface area contributed by atoms with Crippen molar-refractivity contribution in [1.29, 1.82) is 0 Å². The van der Waals surface area contributed by atoms with Gasteiger partial charge in [0.15, 0.2) is 5.82 Å². The van der Waals surface area contributed by atoms with Crippen LogP contribution in [0.25, 0.3) is 0 Å². The molecule has 0 unspecified atom stereocenters. The maximum Gasteiger partial charge on any atom is 0.241 e. The molecule has 1 aromatic rings.